The maximum Gasteiger partial charge on any atom is 0.356 e. The van der Waals surface area contributed by atoms with Crippen molar-refractivity contribution in [1.29, 1.82) is 0 Å². The number of benzene rings is 3. The number of esters is 1. The topological polar surface area (TPSA) is 102 Å². The molecule has 1 aromatic heterocycles. The van der Waals surface area contributed by atoms with Gasteiger partial charge in [0, 0.05) is 31.3 Å². The Morgan fingerprint density at radius 2 is 1.46 bits per heavy atom. The van der Waals surface area contributed by atoms with Crippen molar-refractivity contribution >= 4 is 71.4 Å². The summed E-state index contributed by atoms with van der Waals surface area (Å²) in [5, 5.41) is 6.81. The minimum absolute atomic E-state index is 0.0674. The summed E-state index contributed by atoms with van der Waals surface area (Å²) in [6.07, 6.45) is 0.890. The van der Waals surface area contributed by atoms with Gasteiger partial charge in [-0.25, -0.2) is 4.79 Å². The van der Waals surface area contributed by atoms with Gasteiger partial charge in [0.1, 0.15) is 12.0 Å². The number of hydrogen-bond donors (Lipinski definition) is 1. The summed E-state index contributed by atoms with van der Waals surface area (Å²) >= 11 is 1.18. The molecule has 0 radical (unpaired) electrons. The molecule has 8 nitrogen and oxygen atoms in total. The van der Waals surface area contributed by atoms with Crippen molar-refractivity contribution in [3.63, 3.8) is 0 Å². The molecule has 1 aliphatic heterocycles. The molecular weight excluding hydrogens is 684 g/mol. The Morgan fingerprint density at radius 1 is 0.940 bits per heavy atom. The summed E-state index contributed by atoms with van der Waals surface area (Å²) in [7, 11) is -0.588. The average Bonchev–Trinajstić information content (AvgIpc) is 3.61. The van der Waals surface area contributed by atoms with Crippen LogP contribution in [-0.4, -0.2) is 68.0 Å². The first kappa shape index (κ1) is 36.9. The molecule has 3 atom stereocenters. The Hall–Kier alpha value is -4.34. The number of ether oxygens (including phenoxy) is 1. The van der Waals surface area contributed by atoms with E-state index in [1.54, 1.807) is 11.4 Å². The van der Waals surface area contributed by atoms with Crippen molar-refractivity contribution in [2.24, 2.45) is 5.92 Å². The van der Waals surface area contributed by atoms with Crippen molar-refractivity contribution < 1.29 is 28.3 Å². The number of Topliss-reactive ketones (excluding diaryl/α,β-unsaturated/α-hetero) is 1. The van der Waals surface area contributed by atoms with Crippen LogP contribution in [0.4, 0.5) is 0 Å². The van der Waals surface area contributed by atoms with E-state index in [1.165, 1.54) is 29.4 Å². The fraction of sp³-hybridized carbons (Fsp3) is 0.256. The van der Waals surface area contributed by atoms with Crippen LogP contribution in [0.2, 0.25) is 19.6 Å². The number of β-lactam (4-membered cyclic amide) rings is 1. The summed E-state index contributed by atoms with van der Waals surface area (Å²) in [4.78, 5) is 57.9. The number of nitrogens with one attached hydrogen (secondary N) is 1. The monoisotopic (exact) mass is 726 g/mol. The van der Waals surface area contributed by atoms with Crippen LogP contribution in [0.25, 0.3) is 0 Å². The van der Waals surface area contributed by atoms with Gasteiger partial charge < -0.3 is 19.4 Å². The predicted octanol–water partition coefficient (Wildman–Crippen LogP) is 5.60. The third-order valence-corrected chi connectivity index (χ3v) is 14.8. The van der Waals surface area contributed by atoms with Crippen molar-refractivity contribution in [1.82, 2.24) is 10.2 Å². The van der Waals surface area contributed by atoms with Gasteiger partial charge in [-0.2, -0.15) is 0 Å². The van der Waals surface area contributed by atoms with Crippen LogP contribution in [0, 0.1) is 5.92 Å². The molecule has 1 fully saturated rings. The van der Waals surface area contributed by atoms with E-state index in [9.17, 15) is 19.2 Å². The highest BCUT2D eigenvalue weighted by atomic mass is 32.1. The molecule has 50 heavy (non-hydrogen) atoms. The molecule has 5 rings (SSSR count). The molecule has 0 saturated carbocycles. The zero-order valence-electron chi connectivity index (χ0n) is 29.0. The molecule has 1 aliphatic rings. The predicted molar refractivity (Wildman–Crippen MR) is 206 cm³/mol. The maximum atomic E-state index is 14.8. The number of ketones is 1. The summed E-state index contributed by atoms with van der Waals surface area (Å²) in [5.41, 5.74) is 0.565. The van der Waals surface area contributed by atoms with Crippen LogP contribution in [0.3, 0.4) is 0 Å². The molecule has 0 bridgehead atoms. The van der Waals surface area contributed by atoms with Crippen LogP contribution >= 0.6 is 18.2 Å². The number of carbonyl (C=O) groups excluding carboxylic acids is 4. The molecule has 11 heteroatoms. The van der Waals surface area contributed by atoms with Gasteiger partial charge in [-0.3, -0.25) is 14.4 Å². The van der Waals surface area contributed by atoms with Gasteiger partial charge in [0.05, 0.1) is 22.9 Å². The van der Waals surface area contributed by atoms with Gasteiger partial charge in [-0.1, -0.05) is 104 Å². The van der Waals surface area contributed by atoms with Crippen molar-refractivity contribution in [2.45, 2.75) is 45.1 Å². The fourth-order valence-electron chi connectivity index (χ4n) is 6.59. The van der Waals surface area contributed by atoms with Crippen LogP contribution in [-0.2, 0) is 18.8 Å². The van der Waals surface area contributed by atoms with Gasteiger partial charge >= 0.3 is 5.97 Å². The molecule has 0 aliphatic carbocycles. The molecule has 2 amide bonds. The van der Waals surface area contributed by atoms with Crippen molar-refractivity contribution in [3.05, 3.63) is 126 Å². The first-order valence-electron chi connectivity index (χ1n) is 16.5. The SMILES string of the molecule is C=CCOC(=O)C(N1C(=O)[C@H]([C@@H](C)O[Si](C)(C)C)[C@H]1CC(=O)c1csc(C(=O)NC)c1)=P(c1ccccc1)(c1ccccc1)c1ccccc1. The molecular formula is C39H43N2O6PSSi. The maximum absolute atomic E-state index is 14.8. The Bertz CT molecular complexity index is 1820. The second-order valence-corrected chi connectivity index (χ2v) is 21.7. The number of rotatable bonds is 14. The Kier molecular flexibility index (Phi) is 11.6. The molecule has 260 valence electrons. The van der Waals surface area contributed by atoms with Crippen LogP contribution in [0.1, 0.15) is 33.4 Å². The van der Waals surface area contributed by atoms with E-state index in [0.717, 1.165) is 15.9 Å². The first-order valence-corrected chi connectivity index (χ1v) is 22.6. The number of carbonyl (C=O) groups is 4. The first-order chi connectivity index (χ1) is 23.9. The zero-order valence-corrected chi connectivity index (χ0v) is 31.7. The van der Waals surface area contributed by atoms with Gasteiger partial charge in [-0.15, -0.1) is 11.3 Å². The van der Waals surface area contributed by atoms with E-state index in [-0.39, 0.29) is 36.0 Å². The van der Waals surface area contributed by atoms with E-state index in [1.807, 2.05) is 97.9 Å². The molecule has 0 unspecified atom stereocenters. The summed E-state index contributed by atoms with van der Waals surface area (Å²) in [6.45, 7) is 8.55. The second-order valence-electron chi connectivity index (χ2n) is 13.0. The Morgan fingerprint density at radius 3 is 1.92 bits per heavy atom. The molecule has 2 heterocycles. The normalized spacial score (nSPS) is 16.6. The van der Waals surface area contributed by atoms with E-state index in [2.05, 4.69) is 31.5 Å². The number of hydrogen-bond acceptors (Lipinski definition) is 7. The lowest BCUT2D eigenvalue weighted by molar-refractivity contribution is -0.156. The lowest BCUT2D eigenvalue weighted by Gasteiger charge is -2.52. The number of nitrogens with zero attached hydrogens (tertiary/aromatic N) is 1. The second kappa shape index (κ2) is 15.7. The highest BCUT2D eigenvalue weighted by Crippen LogP contribution is 2.50. The zero-order chi connectivity index (χ0) is 36.1. The molecule has 4 aromatic rings. The van der Waals surface area contributed by atoms with Crippen LogP contribution in [0.15, 0.2) is 115 Å². The van der Waals surface area contributed by atoms with E-state index < -0.39 is 39.2 Å². The average molecular weight is 727 g/mol. The third kappa shape index (κ3) is 7.39. The number of likely N-dealkylation sites (tertiary alicyclic amines) is 1. The van der Waals surface area contributed by atoms with E-state index >= 15 is 0 Å². The van der Waals surface area contributed by atoms with Crippen LogP contribution in [0.5, 0.6) is 0 Å². The molecule has 1 N–H and O–H groups in total. The fourth-order valence-corrected chi connectivity index (χ4v) is 13.1. The summed E-state index contributed by atoms with van der Waals surface area (Å²) in [5.74, 6) is -2.19. The molecule has 0 spiro atoms. The van der Waals surface area contributed by atoms with Gasteiger partial charge in [0.15, 0.2) is 14.1 Å². The van der Waals surface area contributed by atoms with Crippen molar-refractivity contribution in [2.75, 3.05) is 13.7 Å². The molecule has 3 aromatic carbocycles. The largest absolute Gasteiger partial charge is 0.457 e. The van der Waals surface area contributed by atoms with Crippen LogP contribution < -0.4 is 21.2 Å². The highest BCUT2D eigenvalue weighted by molar-refractivity contribution is 7.96. The minimum Gasteiger partial charge on any atom is -0.457 e. The van der Waals surface area contributed by atoms with Gasteiger partial charge in [0.2, 0.25) is 5.91 Å². The molecule has 1 saturated heterocycles. The summed E-state index contributed by atoms with van der Waals surface area (Å²) < 4.78 is 12.3. The Balaban J connectivity index is 1.82. The van der Waals surface area contributed by atoms with Gasteiger partial charge in [0.25, 0.3) is 5.91 Å². The number of amides is 2. The lowest BCUT2D eigenvalue weighted by atomic mass is 9.80. The van der Waals surface area contributed by atoms with E-state index in [4.69, 9.17) is 9.16 Å². The summed E-state index contributed by atoms with van der Waals surface area (Å²) in [6, 6.07) is 30.1. The quantitative estimate of drug-likeness (QED) is 0.0454. The lowest BCUT2D eigenvalue weighted by Crippen LogP contribution is -2.69. The third-order valence-electron chi connectivity index (χ3n) is 8.57. The van der Waals surface area contributed by atoms with E-state index in [0.29, 0.717) is 10.4 Å². The Labute approximate surface area is 299 Å². The minimum atomic E-state index is -3.16. The van der Waals surface area contributed by atoms with Gasteiger partial charge in [-0.05, 0) is 48.5 Å². The number of thiophene rings is 1. The van der Waals surface area contributed by atoms with Crippen molar-refractivity contribution in [3.8, 4) is 0 Å². The highest BCUT2D eigenvalue weighted by Gasteiger charge is 2.56. The standard InChI is InChI=1S/C39H43N2O6PSSi/c1-7-23-46-39(45)38(48(29-17-11-8-12-18-29,30-19-13-9-14-20-30)31-21-15-10-16-22-31)41-32(35(37(41)44)27(2)47-50(4,5)6)25-33(42)28-24-34(49-26-28)36(43)40-3/h7-22,24,26-27,32,35H,1,23,25H2,2-6H3,(H,40,43)/t27-,32-,35-/m1/s1. The smallest absolute Gasteiger partial charge is 0.356 e.